The number of thioether (sulfide) groups is 1. The summed E-state index contributed by atoms with van der Waals surface area (Å²) < 4.78 is 11.1. The minimum Gasteiger partial charge on any atom is -0.447 e. The second-order valence-electron chi connectivity index (χ2n) is 6.31. The van der Waals surface area contributed by atoms with E-state index < -0.39 is 0 Å². The Balaban J connectivity index is 1.30. The van der Waals surface area contributed by atoms with Crippen LogP contribution < -0.4 is 5.32 Å². The van der Waals surface area contributed by atoms with E-state index in [4.69, 9.17) is 8.83 Å². The first kappa shape index (κ1) is 18.3. The van der Waals surface area contributed by atoms with Crippen LogP contribution in [0.25, 0.3) is 11.1 Å². The number of amides is 1. The maximum atomic E-state index is 12.2. The van der Waals surface area contributed by atoms with Gasteiger partial charge in [-0.3, -0.25) is 4.79 Å². The molecule has 6 nitrogen and oxygen atoms in total. The van der Waals surface area contributed by atoms with Crippen LogP contribution in [-0.4, -0.2) is 22.4 Å². The maximum Gasteiger partial charge on any atom is 0.273 e. The fourth-order valence-electron chi connectivity index (χ4n) is 2.79. The number of oxazole rings is 2. The van der Waals surface area contributed by atoms with Crippen molar-refractivity contribution in [2.45, 2.75) is 24.3 Å². The first-order valence-electron chi connectivity index (χ1n) is 8.94. The molecule has 1 amide bonds. The number of hydrogen-bond donors (Lipinski definition) is 1. The number of hydrogen-bond acceptors (Lipinski definition) is 6. The zero-order valence-electron chi connectivity index (χ0n) is 15.3. The van der Waals surface area contributed by atoms with Crippen molar-refractivity contribution in [3.8, 4) is 0 Å². The van der Waals surface area contributed by atoms with Crippen molar-refractivity contribution in [3.05, 3.63) is 77.5 Å². The summed E-state index contributed by atoms with van der Waals surface area (Å²) in [4.78, 5) is 20.9. The molecule has 0 saturated heterocycles. The highest BCUT2D eigenvalue weighted by atomic mass is 32.2. The molecular weight excluding hydrogens is 374 g/mol. The van der Waals surface area contributed by atoms with E-state index in [9.17, 15) is 4.79 Å². The summed E-state index contributed by atoms with van der Waals surface area (Å²) in [5.41, 5.74) is 4.13. The number of aromatic nitrogens is 2. The average Bonchev–Trinajstić information content (AvgIpc) is 3.35. The zero-order valence-corrected chi connectivity index (χ0v) is 16.2. The lowest BCUT2D eigenvalue weighted by Crippen LogP contribution is -2.26. The van der Waals surface area contributed by atoms with Crippen LogP contribution in [0.1, 0.15) is 27.5 Å². The van der Waals surface area contributed by atoms with Crippen molar-refractivity contribution >= 4 is 28.8 Å². The Kier molecular flexibility index (Phi) is 5.43. The molecule has 142 valence electrons. The predicted molar refractivity (Wildman–Crippen MR) is 107 cm³/mol. The lowest BCUT2D eigenvalue weighted by Gasteiger charge is -2.02. The predicted octanol–water partition coefficient (Wildman–Crippen LogP) is 4.39. The van der Waals surface area contributed by atoms with Crippen molar-refractivity contribution in [1.29, 1.82) is 0 Å². The maximum absolute atomic E-state index is 12.2. The molecule has 0 bridgehead atoms. The van der Waals surface area contributed by atoms with Crippen LogP contribution >= 0.6 is 11.8 Å². The minimum atomic E-state index is -0.242. The molecule has 0 aliphatic rings. The average molecular weight is 393 g/mol. The molecule has 28 heavy (non-hydrogen) atoms. The first-order chi connectivity index (χ1) is 13.7. The highest BCUT2D eigenvalue weighted by Gasteiger charge is 2.14. The van der Waals surface area contributed by atoms with Gasteiger partial charge in [-0.25, -0.2) is 9.97 Å². The number of nitrogens with zero attached hydrogens (tertiary/aromatic N) is 2. The smallest absolute Gasteiger partial charge is 0.273 e. The van der Waals surface area contributed by atoms with Crippen molar-refractivity contribution in [2.24, 2.45) is 0 Å². The molecule has 0 unspecified atom stereocenters. The third-order valence-corrected chi connectivity index (χ3v) is 5.06. The van der Waals surface area contributed by atoms with Gasteiger partial charge in [0.2, 0.25) is 5.89 Å². The normalized spacial score (nSPS) is 11.0. The van der Waals surface area contributed by atoms with Gasteiger partial charge in [-0.15, -0.1) is 0 Å². The molecule has 1 N–H and O–H groups in total. The minimum absolute atomic E-state index is 0.242. The lowest BCUT2D eigenvalue weighted by molar-refractivity contribution is 0.0949. The summed E-state index contributed by atoms with van der Waals surface area (Å²) in [7, 11) is 0. The number of fused-ring (bicyclic) bond motifs is 1. The van der Waals surface area contributed by atoms with E-state index in [1.807, 2.05) is 55.5 Å². The van der Waals surface area contributed by atoms with Crippen LogP contribution in [-0.2, 0) is 12.2 Å². The van der Waals surface area contributed by atoms with Gasteiger partial charge in [0.05, 0.1) is 5.75 Å². The number of para-hydroxylation sites is 1. The molecule has 0 radical (unpaired) electrons. The summed E-state index contributed by atoms with van der Waals surface area (Å²) in [6, 6.07) is 15.8. The molecular formula is C21H19N3O3S. The van der Waals surface area contributed by atoms with E-state index in [2.05, 4.69) is 15.3 Å². The Morgan fingerprint density at radius 3 is 2.79 bits per heavy atom. The number of aryl methyl sites for hydroxylation is 1. The molecule has 0 atom stereocenters. The topological polar surface area (TPSA) is 81.2 Å². The van der Waals surface area contributed by atoms with Gasteiger partial charge in [0, 0.05) is 6.54 Å². The number of carbonyl (C=O) groups excluding carboxylic acids is 1. The van der Waals surface area contributed by atoms with Crippen LogP contribution in [0, 0.1) is 6.92 Å². The molecule has 7 heteroatoms. The highest BCUT2D eigenvalue weighted by Crippen LogP contribution is 2.27. The molecule has 2 aromatic carbocycles. The molecule has 0 spiro atoms. The van der Waals surface area contributed by atoms with Gasteiger partial charge in [-0.1, -0.05) is 54.2 Å². The van der Waals surface area contributed by atoms with Crippen molar-refractivity contribution in [2.75, 3.05) is 6.54 Å². The quantitative estimate of drug-likeness (QED) is 0.469. The summed E-state index contributed by atoms with van der Waals surface area (Å²) >= 11 is 1.38. The molecule has 0 saturated carbocycles. The van der Waals surface area contributed by atoms with Gasteiger partial charge in [0.1, 0.15) is 11.8 Å². The SMILES string of the molecule is Cc1cccc2oc(SCc3nc(C(=O)NCCc4ccccc4)co3)nc12. The number of rotatable bonds is 7. The lowest BCUT2D eigenvalue weighted by atomic mass is 10.1. The van der Waals surface area contributed by atoms with Crippen molar-refractivity contribution in [3.63, 3.8) is 0 Å². The third kappa shape index (κ3) is 4.26. The summed E-state index contributed by atoms with van der Waals surface area (Å²) in [5.74, 6) is 0.647. The summed E-state index contributed by atoms with van der Waals surface area (Å²) in [5, 5.41) is 3.41. The fraction of sp³-hybridized carbons (Fsp3) is 0.190. The Morgan fingerprint density at radius 2 is 1.96 bits per heavy atom. The van der Waals surface area contributed by atoms with E-state index in [1.165, 1.54) is 23.6 Å². The number of carbonyl (C=O) groups is 1. The number of nitrogens with one attached hydrogen (secondary N) is 1. The fourth-order valence-corrected chi connectivity index (χ4v) is 3.47. The first-order valence-corrected chi connectivity index (χ1v) is 9.93. The summed E-state index contributed by atoms with van der Waals surface area (Å²) in [6.07, 6.45) is 2.15. The zero-order chi connectivity index (χ0) is 19.3. The third-order valence-electron chi connectivity index (χ3n) is 4.25. The van der Waals surface area contributed by atoms with E-state index in [0.29, 0.717) is 23.4 Å². The van der Waals surface area contributed by atoms with Crippen molar-refractivity contribution < 1.29 is 13.6 Å². The van der Waals surface area contributed by atoms with Crippen LogP contribution in [0.2, 0.25) is 0 Å². The summed E-state index contributed by atoms with van der Waals surface area (Å²) in [6.45, 7) is 2.54. The molecule has 2 aromatic heterocycles. The van der Waals surface area contributed by atoms with E-state index in [1.54, 1.807) is 0 Å². The standard InChI is InChI=1S/C21H19N3O3S/c1-14-6-5-9-17-19(14)24-21(27-17)28-13-18-23-16(12-26-18)20(25)22-11-10-15-7-3-2-4-8-15/h2-9,12H,10-11,13H2,1H3,(H,22,25). The van der Waals surface area contributed by atoms with Crippen LogP contribution in [0.4, 0.5) is 0 Å². The van der Waals surface area contributed by atoms with Gasteiger partial charge in [-0.2, -0.15) is 0 Å². The molecule has 0 aliphatic carbocycles. The van der Waals surface area contributed by atoms with Crippen LogP contribution in [0.5, 0.6) is 0 Å². The molecule has 2 heterocycles. The largest absolute Gasteiger partial charge is 0.447 e. The Hall–Kier alpha value is -3.06. The molecule has 4 rings (SSSR count). The molecule has 4 aromatic rings. The molecule has 0 aliphatic heterocycles. The van der Waals surface area contributed by atoms with Crippen LogP contribution in [0.3, 0.4) is 0 Å². The van der Waals surface area contributed by atoms with Gasteiger partial charge in [-0.05, 0) is 30.5 Å². The second-order valence-corrected chi connectivity index (χ2v) is 7.23. The van der Waals surface area contributed by atoms with Gasteiger partial charge < -0.3 is 14.2 Å². The Bertz CT molecular complexity index is 1090. The highest BCUT2D eigenvalue weighted by molar-refractivity contribution is 7.98. The van der Waals surface area contributed by atoms with E-state index >= 15 is 0 Å². The second kappa shape index (κ2) is 8.31. The molecule has 0 fully saturated rings. The van der Waals surface area contributed by atoms with Gasteiger partial charge in [0.15, 0.2) is 11.3 Å². The Morgan fingerprint density at radius 1 is 1.11 bits per heavy atom. The van der Waals surface area contributed by atoms with E-state index in [0.717, 1.165) is 23.1 Å². The Labute approximate surface area is 166 Å². The van der Waals surface area contributed by atoms with Gasteiger partial charge in [0.25, 0.3) is 11.1 Å². The van der Waals surface area contributed by atoms with Crippen LogP contribution in [0.15, 0.2) is 68.9 Å². The number of benzene rings is 2. The van der Waals surface area contributed by atoms with E-state index in [-0.39, 0.29) is 11.6 Å². The van der Waals surface area contributed by atoms with Gasteiger partial charge >= 0.3 is 0 Å². The van der Waals surface area contributed by atoms with Crippen molar-refractivity contribution in [1.82, 2.24) is 15.3 Å². The monoisotopic (exact) mass is 393 g/mol.